The highest BCUT2D eigenvalue weighted by Gasteiger charge is 2.29. The summed E-state index contributed by atoms with van der Waals surface area (Å²) in [6.45, 7) is 0. The van der Waals surface area contributed by atoms with Crippen LogP contribution in [-0.2, 0) is 22.4 Å². The monoisotopic (exact) mass is 327 g/mol. The molecule has 1 unspecified atom stereocenters. The molecule has 4 nitrogen and oxygen atoms in total. The van der Waals surface area contributed by atoms with Gasteiger partial charge < -0.3 is 15.2 Å². The van der Waals surface area contributed by atoms with Crippen molar-refractivity contribution < 1.29 is 14.7 Å². The van der Waals surface area contributed by atoms with E-state index in [1.807, 2.05) is 24.3 Å². The molecule has 0 spiro atoms. The van der Waals surface area contributed by atoms with Crippen LogP contribution in [0.15, 0.2) is 53.4 Å². The molecule has 0 saturated carbocycles. The Hall–Kier alpha value is -2.27. The van der Waals surface area contributed by atoms with Crippen molar-refractivity contribution >= 4 is 24.0 Å². The molecule has 2 N–H and O–H groups in total. The minimum absolute atomic E-state index is 0.109. The Labute approximate surface area is 138 Å². The third-order valence-corrected chi connectivity index (χ3v) is 5.14. The van der Waals surface area contributed by atoms with Crippen LogP contribution < -0.4 is 5.32 Å². The zero-order valence-electron chi connectivity index (χ0n) is 12.4. The van der Waals surface area contributed by atoms with E-state index in [0.717, 1.165) is 16.7 Å². The molecule has 1 aliphatic heterocycles. The number of hydrogen-bond donors (Lipinski definition) is 2. The summed E-state index contributed by atoms with van der Waals surface area (Å²) in [7, 11) is 0. The Morgan fingerprint density at radius 1 is 1.26 bits per heavy atom. The highest BCUT2D eigenvalue weighted by atomic mass is 32.2. The molecular weight excluding hydrogens is 310 g/mol. The zero-order chi connectivity index (χ0) is 16.2. The number of carbonyl (C=O) groups excluding carboxylic acids is 2. The third-order valence-electron chi connectivity index (χ3n) is 3.82. The molecule has 0 bridgehead atoms. The minimum Gasteiger partial charge on any atom is -0.508 e. The fraction of sp³-hybridized carbons (Fsp3) is 0.222. The minimum atomic E-state index is -0.559. The van der Waals surface area contributed by atoms with E-state index in [-0.39, 0.29) is 16.9 Å². The highest BCUT2D eigenvalue weighted by Crippen LogP contribution is 2.36. The molecule has 118 valence electrons. The van der Waals surface area contributed by atoms with Crippen molar-refractivity contribution in [3.05, 3.63) is 59.7 Å². The van der Waals surface area contributed by atoms with Gasteiger partial charge in [0.25, 0.3) is 0 Å². The van der Waals surface area contributed by atoms with Crippen LogP contribution in [0.1, 0.15) is 11.1 Å². The maximum Gasteiger partial charge on any atom is 0.234 e. The van der Waals surface area contributed by atoms with Crippen LogP contribution in [0.4, 0.5) is 0 Å². The van der Waals surface area contributed by atoms with Crippen molar-refractivity contribution in [3.63, 3.8) is 0 Å². The van der Waals surface area contributed by atoms with Crippen LogP contribution in [0.3, 0.4) is 0 Å². The van der Waals surface area contributed by atoms with Crippen LogP contribution in [0, 0.1) is 0 Å². The normalized spacial score (nSPS) is 17.3. The van der Waals surface area contributed by atoms with E-state index in [0.29, 0.717) is 12.8 Å². The maximum atomic E-state index is 12.4. The molecule has 3 rings (SSSR count). The van der Waals surface area contributed by atoms with Crippen molar-refractivity contribution in [3.8, 4) is 5.75 Å². The quantitative estimate of drug-likeness (QED) is 0.827. The molecule has 0 radical (unpaired) electrons. The fourth-order valence-electron chi connectivity index (χ4n) is 2.62. The number of rotatable bonds is 5. The molecule has 2 atom stereocenters. The van der Waals surface area contributed by atoms with E-state index >= 15 is 0 Å². The van der Waals surface area contributed by atoms with Crippen LogP contribution in [0.2, 0.25) is 0 Å². The Kier molecular flexibility index (Phi) is 4.67. The lowest BCUT2D eigenvalue weighted by molar-refractivity contribution is -0.123. The SMILES string of the molecule is O=C[C@H](Cc1ccc(O)cc1)NC(=O)C1Cc2ccccc2S1. The molecule has 0 fully saturated rings. The second-order valence-electron chi connectivity index (χ2n) is 5.54. The molecule has 2 aromatic carbocycles. The number of fused-ring (bicyclic) bond motifs is 1. The summed E-state index contributed by atoms with van der Waals surface area (Å²) < 4.78 is 0. The molecular formula is C18H17NO3S. The lowest BCUT2D eigenvalue weighted by Gasteiger charge is -2.15. The molecule has 1 heterocycles. The van der Waals surface area contributed by atoms with Gasteiger partial charge in [0.05, 0.1) is 11.3 Å². The molecule has 23 heavy (non-hydrogen) atoms. The van der Waals surface area contributed by atoms with Crippen molar-refractivity contribution in [2.45, 2.75) is 29.0 Å². The summed E-state index contributed by atoms with van der Waals surface area (Å²) in [5, 5.41) is 11.9. The molecule has 1 aliphatic rings. The van der Waals surface area contributed by atoms with E-state index in [2.05, 4.69) is 5.32 Å². The summed E-state index contributed by atoms with van der Waals surface area (Å²) in [4.78, 5) is 24.8. The zero-order valence-corrected chi connectivity index (χ0v) is 13.3. The lowest BCUT2D eigenvalue weighted by atomic mass is 10.1. The van der Waals surface area contributed by atoms with Gasteiger partial charge in [0.1, 0.15) is 12.0 Å². The highest BCUT2D eigenvalue weighted by molar-refractivity contribution is 8.01. The van der Waals surface area contributed by atoms with Crippen molar-refractivity contribution in [1.29, 1.82) is 0 Å². The summed E-state index contributed by atoms with van der Waals surface area (Å²) in [6.07, 6.45) is 1.87. The van der Waals surface area contributed by atoms with E-state index in [9.17, 15) is 14.7 Å². The number of aromatic hydroxyl groups is 1. The number of hydrogen-bond acceptors (Lipinski definition) is 4. The van der Waals surface area contributed by atoms with E-state index in [4.69, 9.17) is 0 Å². The van der Waals surface area contributed by atoms with Crippen molar-refractivity contribution in [1.82, 2.24) is 5.32 Å². The molecule has 0 aromatic heterocycles. The number of thioether (sulfide) groups is 1. The number of aldehydes is 1. The smallest absolute Gasteiger partial charge is 0.234 e. The topological polar surface area (TPSA) is 66.4 Å². The summed E-state index contributed by atoms with van der Waals surface area (Å²) >= 11 is 1.54. The Balaban J connectivity index is 1.60. The standard InChI is InChI=1S/C18H17NO3S/c20-11-14(9-12-5-7-15(21)8-6-12)19-18(22)17-10-13-3-1-2-4-16(13)23-17/h1-8,11,14,17,21H,9-10H2,(H,19,22)/t14-,17?/m0/s1. The first kappa shape index (κ1) is 15.6. The van der Waals surface area contributed by atoms with E-state index in [1.54, 1.807) is 36.0 Å². The first-order valence-corrected chi connectivity index (χ1v) is 8.32. The van der Waals surface area contributed by atoms with Gasteiger partial charge in [-0.05, 0) is 42.2 Å². The van der Waals surface area contributed by atoms with Crippen molar-refractivity contribution in [2.75, 3.05) is 0 Å². The second-order valence-corrected chi connectivity index (χ2v) is 6.78. The molecule has 0 saturated heterocycles. The Morgan fingerprint density at radius 3 is 2.70 bits per heavy atom. The predicted molar refractivity (Wildman–Crippen MR) is 89.6 cm³/mol. The van der Waals surface area contributed by atoms with Gasteiger partial charge in [0.2, 0.25) is 5.91 Å². The average molecular weight is 327 g/mol. The number of carbonyl (C=O) groups is 2. The van der Waals surface area contributed by atoms with Crippen LogP contribution in [0.5, 0.6) is 5.75 Å². The van der Waals surface area contributed by atoms with Gasteiger partial charge in [-0.25, -0.2) is 0 Å². The van der Waals surface area contributed by atoms with Gasteiger partial charge in [-0.1, -0.05) is 30.3 Å². The van der Waals surface area contributed by atoms with Gasteiger partial charge in [-0.2, -0.15) is 0 Å². The summed E-state index contributed by atoms with van der Waals surface area (Å²) in [5.74, 6) is 0.0719. The Bertz CT molecular complexity index is 689. The van der Waals surface area contributed by atoms with Gasteiger partial charge in [-0.3, -0.25) is 4.79 Å². The van der Waals surface area contributed by atoms with Crippen molar-refractivity contribution in [2.24, 2.45) is 0 Å². The number of amides is 1. The first-order chi connectivity index (χ1) is 11.2. The third kappa shape index (κ3) is 3.74. The number of benzene rings is 2. The Morgan fingerprint density at radius 2 is 2.00 bits per heavy atom. The van der Waals surface area contributed by atoms with Gasteiger partial charge >= 0.3 is 0 Å². The summed E-state index contributed by atoms with van der Waals surface area (Å²) in [6, 6.07) is 14.1. The van der Waals surface area contributed by atoms with E-state index in [1.165, 1.54) is 5.56 Å². The van der Waals surface area contributed by atoms with Crippen LogP contribution in [-0.4, -0.2) is 28.6 Å². The second kappa shape index (κ2) is 6.87. The van der Waals surface area contributed by atoms with Crippen LogP contribution in [0.25, 0.3) is 0 Å². The van der Waals surface area contributed by atoms with Gasteiger partial charge in [0, 0.05) is 4.90 Å². The molecule has 2 aromatic rings. The lowest BCUT2D eigenvalue weighted by Crippen LogP contribution is -2.42. The average Bonchev–Trinajstić information content (AvgIpc) is 3.00. The first-order valence-electron chi connectivity index (χ1n) is 7.44. The number of nitrogens with one attached hydrogen (secondary N) is 1. The maximum absolute atomic E-state index is 12.4. The predicted octanol–water partition coefficient (Wildman–Crippen LogP) is 2.34. The largest absolute Gasteiger partial charge is 0.508 e. The fourth-order valence-corrected chi connectivity index (χ4v) is 3.83. The molecule has 0 aliphatic carbocycles. The van der Waals surface area contributed by atoms with Crippen LogP contribution >= 0.6 is 11.8 Å². The van der Waals surface area contributed by atoms with Gasteiger partial charge in [0.15, 0.2) is 0 Å². The number of phenolic OH excluding ortho intramolecular Hbond substituents is 1. The van der Waals surface area contributed by atoms with E-state index < -0.39 is 6.04 Å². The molecule has 5 heteroatoms. The number of phenols is 1. The molecule has 1 amide bonds. The van der Waals surface area contributed by atoms with Gasteiger partial charge in [-0.15, -0.1) is 11.8 Å². The summed E-state index contributed by atoms with van der Waals surface area (Å²) in [5.41, 5.74) is 2.07.